The van der Waals surface area contributed by atoms with E-state index in [1.807, 2.05) is 29.2 Å². The Morgan fingerprint density at radius 2 is 1.82 bits per heavy atom. The molecule has 1 fully saturated rings. The van der Waals surface area contributed by atoms with Gasteiger partial charge in [0.05, 0.1) is 17.4 Å². The predicted octanol–water partition coefficient (Wildman–Crippen LogP) is 3.65. The standard InChI is InChI=1S/C24H25F2N7/c1-31-8-10-32(11-9-31)22-12-17(6-7-19(22)25)29-24-28-14-20(26)23(30-24)33-15-16(13-27)18-4-2-3-5-21(18)33/h2-7,12,14-15H,8-11,13,27H2,1H3,(H,28,29,30). The zero-order valence-corrected chi connectivity index (χ0v) is 18.3. The van der Waals surface area contributed by atoms with Crippen LogP contribution < -0.4 is 16.0 Å². The predicted molar refractivity (Wildman–Crippen MR) is 126 cm³/mol. The number of hydrogen-bond donors (Lipinski definition) is 2. The highest BCUT2D eigenvalue weighted by Crippen LogP contribution is 2.28. The average Bonchev–Trinajstić information content (AvgIpc) is 3.21. The second-order valence-corrected chi connectivity index (χ2v) is 8.19. The Balaban J connectivity index is 1.47. The van der Waals surface area contributed by atoms with Crippen LogP contribution in [-0.2, 0) is 6.54 Å². The van der Waals surface area contributed by atoms with E-state index in [-0.39, 0.29) is 17.6 Å². The summed E-state index contributed by atoms with van der Waals surface area (Å²) in [6.07, 6.45) is 2.93. The number of aromatic nitrogens is 3. The minimum absolute atomic E-state index is 0.116. The molecule has 0 saturated carbocycles. The molecule has 170 valence electrons. The molecule has 3 heterocycles. The lowest BCUT2D eigenvalue weighted by Crippen LogP contribution is -2.44. The summed E-state index contributed by atoms with van der Waals surface area (Å²) in [5, 5.41) is 4.04. The molecule has 0 atom stereocenters. The van der Waals surface area contributed by atoms with Crippen molar-refractivity contribution in [2.75, 3.05) is 43.4 Å². The number of nitrogens with two attached hydrogens (primary N) is 1. The number of fused-ring (bicyclic) bond motifs is 1. The number of hydrogen-bond acceptors (Lipinski definition) is 6. The largest absolute Gasteiger partial charge is 0.367 e. The van der Waals surface area contributed by atoms with E-state index in [2.05, 4.69) is 27.2 Å². The number of para-hydroxylation sites is 1. The number of nitrogens with zero attached hydrogens (tertiary/aromatic N) is 5. The summed E-state index contributed by atoms with van der Waals surface area (Å²) < 4.78 is 31.0. The Morgan fingerprint density at radius 3 is 2.61 bits per heavy atom. The Hall–Kier alpha value is -3.56. The normalized spacial score (nSPS) is 14.7. The number of anilines is 3. The van der Waals surface area contributed by atoms with Gasteiger partial charge < -0.3 is 20.9 Å². The van der Waals surface area contributed by atoms with Crippen molar-refractivity contribution >= 4 is 28.2 Å². The maximum atomic E-state index is 14.8. The van der Waals surface area contributed by atoms with Gasteiger partial charge in [0.1, 0.15) is 5.82 Å². The van der Waals surface area contributed by atoms with Gasteiger partial charge in [0.2, 0.25) is 5.95 Å². The number of likely N-dealkylation sites (N-methyl/N-ethyl adjacent to an activating group) is 1. The quantitative estimate of drug-likeness (QED) is 0.485. The van der Waals surface area contributed by atoms with Crippen molar-refractivity contribution in [2.45, 2.75) is 6.54 Å². The Bertz CT molecular complexity index is 1300. The summed E-state index contributed by atoms with van der Waals surface area (Å²) in [6, 6.07) is 12.4. The van der Waals surface area contributed by atoms with Gasteiger partial charge in [-0.05, 0) is 36.9 Å². The molecular formula is C24H25F2N7. The van der Waals surface area contributed by atoms with Gasteiger partial charge in [0, 0.05) is 50.0 Å². The van der Waals surface area contributed by atoms with E-state index < -0.39 is 5.82 Å². The third kappa shape index (κ3) is 4.12. The number of piperazine rings is 1. The van der Waals surface area contributed by atoms with E-state index in [0.717, 1.165) is 48.8 Å². The van der Waals surface area contributed by atoms with Crippen LogP contribution in [0.3, 0.4) is 0 Å². The fraction of sp³-hybridized carbons (Fsp3) is 0.250. The van der Waals surface area contributed by atoms with Crippen molar-refractivity contribution in [1.29, 1.82) is 0 Å². The maximum absolute atomic E-state index is 14.8. The van der Waals surface area contributed by atoms with Crippen LogP contribution in [0.1, 0.15) is 5.56 Å². The van der Waals surface area contributed by atoms with Crippen molar-refractivity contribution in [3.05, 3.63) is 72.1 Å². The lowest BCUT2D eigenvalue weighted by molar-refractivity contribution is 0.311. The van der Waals surface area contributed by atoms with Crippen LogP contribution in [0.15, 0.2) is 54.9 Å². The summed E-state index contributed by atoms with van der Waals surface area (Å²) in [7, 11) is 2.06. The third-order valence-electron chi connectivity index (χ3n) is 6.01. The van der Waals surface area contributed by atoms with Crippen molar-refractivity contribution < 1.29 is 8.78 Å². The van der Waals surface area contributed by atoms with E-state index in [1.165, 1.54) is 6.07 Å². The SMILES string of the molecule is CN1CCN(c2cc(Nc3ncc(F)c(-n4cc(CN)c5ccccc54)n3)ccc2F)CC1. The summed E-state index contributed by atoms with van der Waals surface area (Å²) >= 11 is 0. The van der Waals surface area contributed by atoms with Gasteiger partial charge in [-0.15, -0.1) is 0 Å². The van der Waals surface area contributed by atoms with E-state index >= 15 is 0 Å². The van der Waals surface area contributed by atoms with Crippen LogP contribution in [0.4, 0.5) is 26.1 Å². The summed E-state index contributed by atoms with van der Waals surface area (Å²) in [4.78, 5) is 12.8. The molecule has 0 bridgehead atoms. The first-order chi connectivity index (χ1) is 16.0. The van der Waals surface area contributed by atoms with Gasteiger partial charge >= 0.3 is 0 Å². The van der Waals surface area contributed by atoms with E-state index in [0.29, 0.717) is 17.9 Å². The van der Waals surface area contributed by atoms with Crippen molar-refractivity contribution in [1.82, 2.24) is 19.4 Å². The molecule has 7 nitrogen and oxygen atoms in total. The molecule has 1 aliphatic heterocycles. The second-order valence-electron chi connectivity index (χ2n) is 8.19. The van der Waals surface area contributed by atoms with Gasteiger partial charge in [0.25, 0.3) is 0 Å². The lowest BCUT2D eigenvalue weighted by atomic mass is 10.2. The highest BCUT2D eigenvalue weighted by molar-refractivity contribution is 5.85. The van der Waals surface area contributed by atoms with Gasteiger partial charge in [0.15, 0.2) is 11.6 Å². The van der Waals surface area contributed by atoms with E-state index in [1.54, 1.807) is 22.9 Å². The molecule has 33 heavy (non-hydrogen) atoms. The van der Waals surface area contributed by atoms with Crippen LogP contribution in [-0.4, -0.2) is 52.7 Å². The van der Waals surface area contributed by atoms with Crippen LogP contribution in [0.5, 0.6) is 0 Å². The second kappa shape index (κ2) is 8.76. The average molecular weight is 450 g/mol. The fourth-order valence-corrected chi connectivity index (χ4v) is 4.18. The summed E-state index contributed by atoms with van der Waals surface area (Å²) in [6.45, 7) is 3.57. The first kappa shape index (κ1) is 21.3. The summed E-state index contributed by atoms with van der Waals surface area (Å²) in [5.74, 6) is -0.500. The minimum Gasteiger partial charge on any atom is -0.367 e. The highest BCUT2D eigenvalue weighted by atomic mass is 19.1. The molecule has 0 amide bonds. The molecule has 0 radical (unpaired) electrons. The van der Waals surface area contributed by atoms with Crippen molar-refractivity contribution in [3.8, 4) is 5.82 Å². The topological polar surface area (TPSA) is 75.2 Å². The molecule has 9 heteroatoms. The molecule has 0 unspecified atom stereocenters. The fourth-order valence-electron chi connectivity index (χ4n) is 4.18. The number of halogens is 2. The Labute approximate surface area is 190 Å². The molecule has 4 aromatic rings. The van der Waals surface area contributed by atoms with Gasteiger partial charge in [-0.1, -0.05) is 18.2 Å². The highest BCUT2D eigenvalue weighted by Gasteiger charge is 2.19. The van der Waals surface area contributed by atoms with Gasteiger partial charge in [-0.25, -0.2) is 13.8 Å². The first-order valence-corrected chi connectivity index (χ1v) is 10.9. The Morgan fingerprint density at radius 1 is 1.03 bits per heavy atom. The zero-order valence-electron chi connectivity index (χ0n) is 18.3. The maximum Gasteiger partial charge on any atom is 0.229 e. The minimum atomic E-state index is -0.554. The molecule has 1 saturated heterocycles. The molecule has 0 aliphatic carbocycles. The molecule has 2 aromatic carbocycles. The molecule has 5 rings (SSSR count). The number of nitrogens with one attached hydrogen (secondary N) is 1. The van der Waals surface area contributed by atoms with Crippen molar-refractivity contribution in [2.24, 2.45) is 5.73 Å². The molecule has 2 aromatic heterocycles. The molecule has 1 aliphatic rings. The first-order valence-electron chi connectivity index (χ1n) is 10.9. The summed E-state index contributed by atoms with van der Waals surface area (Å²) in [5.41, 5.74) is 8.74. The molecule has 0 spiro atoms. The Kier molecular flexibility index (Phi) is 5.65. The molecular weight excluding hydrogens is 424 g/mol. The van der Waals surface area contributed by atoms with E-state index in [9.17, 15) is 8.78 Å². The number of benzene rings is 2. The monoisotopic (exact) mass is 449 g/mol. The zero-order chi connectivity index (χ0) is 22.9. The smallest absolute Gasteiger partial charge is 0.229 e. The van der Waals surface area contributed by atoms with Crippen LogP contribution in [0, 0.1) is 11.6 Å². The lowest BCUT2D eigenvalue weighted by Gasteiger charge is -2.34. The molecule has 3 N–H and O–H groups in total. The third-order valence-corrected chi connectivity index (χ3v) is 6.01. The van der Waals surface area contributed by atoms with E-state index in [4.69, 9.17) is 5.73 Å². The van der Waals surface area contributed by atoms with Crippen LogP contribution >= 0.6 is 0 Å². The van der Waals surface area contributed by atoms with Crippen LogP contribution in [0.2, 0.25) is 0 Å². The van der Waals surface area contributed by atoms with Gasteiger partial charge in [-0.3, -0.25) is 4.57 Å². The number of rotatable bonds is 5. The van der Waals surface area contributed by atoms with Gasteiger partial charge in [-0.2, -0.15) is 4.98 Å². The van der Waals surface area contributed by atoms with Crippen molar-refractivity contribution in [3.63, 3.8) is 0 Å². The van der Waals surface area contributed by atoms with Crippen LogP contribution in [0.25, 0.3) is 16.7 Å².